The molecule has 2 nitrogen and oxygen atoms in total. The summed E-state index contributed by atoms with van der Waals surface area (Å²) in [6.07, 6.45) is -3.48. The van der Waals surface area contributed by atoms with Gasteiger partial charge in [0.05, 0.1) is 0 Å². The zero-order chi connectivity index (χ0) is 14.6. The van der Waals surface area contributed by atoms with Crippen LogP contribution in [0.25, 0.3) is 0 Å². The number of aryl methyl sites for hydroxylation is 2. The van der Waals surface area contributed by atoms with E-state index in [0.29, 0.717) is 23.4 Å². The highest BCUT2D eigenvalue weighted by atomic mass is 35.5. The Labute approximate surface area is 114 Å². The Hall–Kier alpha value is -1.23. The van der Waals surface area contributed by atoms with E-state index in [9.17, 15) is 18.0 Å². The van der Waals surface area contributed by atoms with Crippen molar-refractivity contribution < 1.29 is 18.0 Å². The number of hydrogen-bond donors (Lipinski definition) is 1. The number of alkyl halides is 4. The minimum atomic E-state index is -4.88. The van der Waals surface area contributed by atoms with Crippen LogP contribution < -0.4 is 5.32 Å². The number of rotatable bonds is 4. The Kier molecular flexibility index (Phi) is 5.23. The number of nitrogens with one attached hydrogen (secondary N) is 1. The molecule has 1 aromatic carbocycles. The molecule has 1 aromatic rings. The van der Waals surface area contributed by atoms with Gasteiger partial charge in [-0.1, -0.05) is 12.1 Å². The normalized spacial score (nSPS) is 11.5. The van der Waals surface area contributed by atoms with Crippen molar-refractivity contribution >= 4 is 23.2 Å². The third kappa shape index (κ3) is 4.13. The van der Waals surface area contributed by atoms with Crippen molar-refractivity contribution in [3.63, 3.8) is 0 Å². The lowest BCUT2D eigenvalue weighted by atomic mass is 9.99. The van der Waals surface area contributed by atoms with Gasteiger partial charge in [-0.05, 0) is 43.4 Å². The monoisotopic (exact) mass is 293 g/mol. The topological polar surface area (TPSA) is 29.1 Å². The van der Waals surface area contributed by atoms with E-state index >= 15 is 0 Å². The zero-order valence-corrected chi connectivity index (χ0v) is 11.5. The Morgan fingerprint density at radius 2 is 1.95 bits per heavy atom. The summed E-state index contributed by atoms with van der Waals surface area (Å²) in [7, 11) is 0. The average Bonchev–Trinajstić information content (AvgIpc) is 2.32. The molecule has 0 aliphatic carbocycles. The fourth-order valence-corrected chi connectivity index (χ4v) is 1.93. The minimum Gasteiger partial charge on any atom is -0.318 e. The summed E-state index contributed by atoms with van der Waals surface area (Å²) in [6, 6.07) is 3.54. The van der Waals surface area contributed by atoms with Crippen molar-refractivity contribution in [2.45, 2.75) is 32.9 Å². The lowest BCUT2D eigenvalue weighted by molar-refractivity contribution is -0.167. The molecule has 0 aromatic heterocycles. The van der Waals surface area contributed by atoms with Crippen LogP contribution in [0.3, 0.4) is 0 Å². The van der Waals surface area contributed by atoms with Gasteiger partial charge in [0.1, 0.15) is 0 Å². The maximum atomic E-state index is 12.3. The van der Waals surface area contributed by atoms with Gasteiger partial charge in [0.25, 0.3) is 0 Å². The first kappa shape index (κ1) is 15.8. The van der Waals surface area contributed by atoms with Crippen LogP contribution in [-0.4, -0.2) is 18.0 Å². The lowest BCUT2D eigenvalue weighted by Crippen LogP contribution is -2.30. The van der Waals surface area contributed by atoms with Crippen LogP contribution in [-0.2, 0) is 11.2 Å². The molecule has 0 fully saturated rings. The largest absolute Gasteiger partial charge is 0.471 e. The van der Waals surface area contributed by atoms with Crippen LogP contribution in [0, 0.1) is 13.8 Å². The quantitative estimate of drug-likeness (QED) is 0.836. The molecule has 19 heavy (non-hydrogen) atoms. The van der Waals surface area contributed by atoms with Gasteiger partial charge in [-0.25, -0.2) is 0 Å². The molecule has 106 valence electrons. The number of anilines is 1. The lowest BCUT2D eigenvalue weighted by Gasteiger charge is -2.16. The minimum absolute atomic E-state index is 0.231. The van der Waals surface area contributed by atoms with Crippen molar-refractivity contribution in [2.24, 2.45) is 0 Å². The molecule has 0 radical (unpaired) electrons. The number of hydrogen-bond acceptors (Lipinski definition) is 1. The maximum absolute atomic E-state index is 12.3. The molecule has 6 heteroatoms. The Balaban J connectivity index is 3.03. The number of carbonyl (C=O) groups excluding carboxylic acids is 1. The average molecular weight is 294 g/mol. The molecule has 1 N–H and O–H groups in total. The van der Waals surface area contributed by atoms with Crippen molar-refractivity contribution in [3.05, 3.63) is 28.8 Å². The fraction of sp³-hybridized carbons (Fsp3) is 0.462. The Bertz CT molecular complexity index is 472. The van der Waals surface area contributed by atoms with Crippen LogP contribution in [0.4, 0.5) is 18.9 Å². The van der Waals surface area contributed by atoms with Crippen molar-refractivity contribution in [2.75, 3.05) is 11.2 Å². The van der Waals surface area contributed by atoms with Gasteiger partial charge in [-0.2, -0.15) is 13.2 Å². The first-order chi connectivity index (χ1) is 8.77. The molecular formula is C13H15ClF3NO. The molecule has 1 amide bonds. The van der Waals surface area contributed by atoms with Gasteiger partial charge < -0.3 is 5.32 Å². The highest BCUT2D eigenvalue weighted by molar-refractivity contribution is 6.17. The van der Waals surface area contributed by atoms with E-state index in [1.807, 2.05) is 11.4 Å². The van der Waals surface area contributed by atoms with Gasteiger partial charge in [0, 0.05) is 11.6 Å². The highest BCUT2D eigenvalue weighted by Gasteiger charge is 2.39. The number of carbonyl (C=O) groups is 1. The van der Waals surface area contributed by atoms with Crippen LogP contribution in [0.15, 0.2) is 12.1 Å². The second kappa shape index (κ2) is 6.28. The van der Waals surface area contributed by atoms with Crippen LogP contribution >= 0.6 is 11.6 Å². The first-order valence-corrected chi connectivity index (χ1v) is 6.34. The molecule has 0 spiro atoms. The standard InChI is InChI=1S/C13H15ClF3NO/c1-8-5-6-10(4-3-7-14)9(2)11(8)18-12(19)13(15,16)17/h5-6H,3-4,7H2,1-2H3,(H,18,19). The van der Waals surface area contributed by atoms with E-state index in [-0.39, 0.29) is 5.69 Å². The molecule has 0 atom stereocenters. The van der Waals surface area contributed by atoms with Gasteiger partial charge in [-0.3, -0.25) is 4.79 Å². The molecule has 1 rings (SSSR count). The summed E-state index contributed by atoms with van der Waals surface area (Å²) in [5.74, 6) is -1.47. The second-order valence-electron chi connectivity index (χ2n) is 4.29. The molecular weight excluding hydrogens is 279 g/mol. The van der Waals surface area contributed by atoms with Gasteiger partial charge in [-0.15, -0.1) is 11.6 Å². The van der Waals surface area contributed by atoms with Crippen molar-refractivity contribution in [1.29, 1.82) is 0 Å². The smallest absolute Gasteiger partial charge is 0.318 e. The predicted octanol–water partition coefficient (Wildman–Crippen LogP) is 3.98. The van der Waals surface area contributed by atoms with E-state index in [4.69, 9.17) is 11.6 Å². The zero-order valence-electron chi connectivity index (χ0n) is 10.7. The number of halogens is 4. The summed E-state index contributed by atoms with van der Waals surface area (Å²) in [5.41, 5.74) is 2.38. The van der Waals surface area contributed by atoms with E-state index in [2.05, 4.69) is 0 Å². The van der Waals surface area contributed by atoms with E-state index in [0.717, 1.165) is 12.0 Å². The van der Waals surface area contributed by atoms with Gasteiger partial charge in [0.15, 0.2) is 0 Å². The SMILES string of the molecule is Cc1ccc(CCCCl)c(C)c1NC(=O)C(F)(F)F. The molecule has 0 bridgehead atoms. The summed E-state index contributed by atoms with van der Waals surface area (Å²) >= 11 is 5.60. The van der Waals surface area contributed by atoms with Crippen LogP contribution in [0.1, 0.15) is 23.1 Å². The van der Waals surface area contributed by atoms with E-state index in [1.165, 1.54) is 0 Å². The van der Waals surface area contributed by atoms with Gasteiger partial charge in [0.2, 0.25) is 0 Å². The number of benzene rings is 1. The van der Waals surface area contributed by atoms with E-state index < -0.39 is 12.1 Å². The van der Waals surface area contributed by atoms with E-state index in [1.54, 1.807) is 19.9 Å². The third-order valence-corrected chi connectivity index (χ3v) is 3.13. The Morgan fingerprint density at radius 1 is 1.32 bits per heavy atom. The maximum Gasteiger partial charge on any atom is 0.471 e. The molecule has 0 heterocycles. The van der Waals surface area contributed by atoms with Crippen LogP contribution in [0.5, 0.6) is 0 Å². The second-order valence-corrected chi connectivity index (χ2v) is 4.66. The summed E-state index contributed by atoms with van der Waals surface area (Å²) in [4.78, 5) is 11.0. The van der Waals surface area contributed by atoms with Crippen molar-refractivity contribution in [3.8, 4) is 0 Å². The molecule has 0 aliphatic heterocycles. The van der Waals surface area contributed by atoms with Crippen LogP contribution in [0.2, 0.25) is 0 Å². The molecule has 0 saturated heterocycles. The highest BCUT2D eigenvalue weighted by Crippen LogP contribution is 2.27. The predicted molar refractivity (Wildman–Crippen MR) is 69.6 cm³/mol. The summed E-state index contributed by atoms with van der Waals surface area (Å²) in [5, 5.41) is 1.94. The molecule has 0 aliphatic rings. The van der Waals surface area contributed by atoms with Gasteiger partial charge >= 0.3 is 12.1 Å². The first-order valence-electron chi connectivity index (χ1n) is 5.80. The fourth-order valence-electron chi connectivity index (χ4n) is 1.80. The third-order valence-electron chi connectivity index (χ3n) is 2.86. The Morgan fingerprint density at radius 3 is 2.47 bits per heavy atom. The summed E-state index contributed by atoms with van der Waals surface area (Å²) < 4.78 is 36.8. The summed E-state index contributed by atoms with van der Waals surface area (Å²) in [6.45, 7) is 3.35. The number of amides is 1. The van der Waals surface area contributed by atoms with Crippen molar-refractivity contribution in [1.82, 2.24) is 0 Å². The molecule has 0 unspecified atom stereocenters. The molecule has 0 saturated carbocycles.